The van der Waals surface area contributed by atoms with Gasteiger partial charge in [-0.2, -0.15) is 0 Å². The van der Waals surface area contributed by atoms with Gasteiger partial charge in [0.1, 0.15) is 6.17 Å². The van der Waals surface area contributed by atoms with Gasteiger partial charge >= 0.3 is 5.97 Å². The average Bonchev–Trinajstić information content (AvgIpc) is 2.48. The second-order valence-corrected chi connectivity index (χ2v) is 5.71. The van der Waals surface area contributed by atoms with Crippen LogP contribution in [0.2, 0.25) is 5.02 Å². The van der Waals surface area contributed by atoms with Crippen molar-refractivity contribution in [2.75, 3.05) is 6.61 Å². The number of hydrogen-bond acceptors (Lipinski definition) is 4. The molecule has 2 rings (SSSR count). The van der Waals surface area contributed by atoms with Crippen LogP contribution in [-0.4, -0.2) is 18.8 Å². The molecule has 0 spiro atoms. The summed E-state index contributed by atoms with van der Waals surface area (Å²) >= 11 is 6.28. The summed E-state index contributed by atoms with van der Waals surface area (Å²) in [5, 5.41) is 3.61. The van der Waals surface area contributed by atoms with Gasteiger partial charge in [0.25, 0.3) is 0 Å². The number of ether oxygens (including phenoxy) is 1. The number of aliphatic imine (C=N–C) groups is 1. The Hall–Kier alpha value is -1.81. The minimum atomic E-state index is -0.368. The Morgan fingerprint density at radius 1 is 1.45 bits per heavy atom. The Morgan fingerprint density at radius 3 is 2.86 bits per heavy atom. The maximum Gasteiger partial charge on any atom is 0.339 e. The van der Waals surface area contributed by atoms with Crippen molar-refractivity contribution in [2.45, 2.75) is 39.8 Å². The van der Waals surface area contributed by atoms with E-state index >= 15 is 0 Å². The van der Waals surface area contributed by atoms with E-state index in [2.05, 4.69) is 17.2 Å². The minimum Gasteiger partial charge on any atom is -0.462 e. The highest BCUT2D eigenvalue weighted by Gasteiger charge is 2.23. The van der Waals surface area contributed by atoms with E-state index in [0.29, 0.717) is 17.2 Å². The van der Waals surface area contributed by atoms with E-state index < -0.39 is 0 Å². The standard InChI is InChI=1S/C17H21ClN2O2/c1-4-5-9-22-17(21)15-12(3)14(11(2)10-13(15)18)16-19-7-6-8-20-16/h6-8,10,16,19H,4-5,9H2,1-3H3. The normalized spacial score (nSPS) is 16.5. The summed E-state index contributed by atoms with van der Waals surface area (Å²) in [5.74, 6) is -0.368. The third-order valence-corrected chi connectivity index (χ3v) is 3.96. The monoisotopic (exact) mass is 320 g/mol. The number of nitrogens with zero attached hydrogens (tertiary/aromatic N) is 1. The molecule has 0 fully saturated rings. The largest absolute Gasteiger partial charge is 0.462 e. The highest BCUT2D eigenvalue weighted by atomic mass is 35.5. The molecule has 1 heterocycles. The zero-order valence-electron chi connectivity index (χ0n) is 13.1. The van der Waals surface area contributed by atoms with Gasteiger partial charge < -0.3 is 10.1 Å². The highest BCUT2D eigenvalue weighted by Crippen LogP contribution is 2.32. The maximum absolute atomic E-state index is 12.3. The lowest BCUT2D eigenvalue weighted by molar-refractivity contribution is 0.0499. The van der Waals surface area contributed by atoms with Crippen molar-refractivity contribution in [1.82, 2.24) is 5.32 Å². The van der Waals surface area contributed by atoms with Crippen LogP contribution in [-0.2, 0) is 4.74 Å². The van der Waals surface area contributed by atoms with Gasteiger partial charge in [0.05, 0.1) is 17.2 Å². The van der Waals surface area contributed by atoms with Crippen molar-refractivity contribution in [3.8, 4) is 0 Å². The Bertz CT molecular complexity index is 624. The summed E-state index contributed by atoms with van der Waals surface area (Å²) in [4.78, 5) is 16.7. The molecule has 0 amide bonds. The summed E-state index contributed by atoms with van der Waals surface area (Å²) in [7, 11) is 0. The fourth-order valence-corrected chi connectivity index (χ4v) is 2.91. The van der Waals surface area contributed by atoms with E-state index in [0.717, 1.165) is 29.5 Å². The van der Waals surface area contributed by atoms with Crippen LogP contribution in [0.5, 0.6) is 0 Å². The minimum absolute atomic E-state index is 0.204. The first-order chi connectivity index (χ1) is 10.6. The number of unbranched alkanes of at least 4 members (excludes halogenated alkanes) is 1. The molecule has 1 aromatic carbocycles. The number of nitrogens with one attached hydrogen (secondary N) is 1. The molecular weight excluding hydrogens is 300 g/mol. The Balaban J connectivity index is 2.36. The van der Waals surface area contributed by atoms with Crippen molar-refractivity contribution in [3.05, 3.63) is 45.6 Å². The van der Waals surface area contributed by atoms with E-state index in [-0.39, 0.29) is 12.1 Å². The summed E-state index contributed by atoms with van der Waals surface area (Å²) in [6, 6.07) is 1.80. The SMILES string of the molecule is CCCCOC(=O)c1c(Cl)cc(C)c(C2N=CC=CN2)c1C. The molecule has 0 aromatic heterocycles. The van der Waals surface area contributed by atoms with Crippen molar-refractivity contribution in [2.24, 2.45) is 4.99 Å². The maximum atomic E-state index is 12.3. The van der Waals surface area contributed by atoms with Crippen LogP contribution in [0.25, 0.3) is 0 Å². The molecule has 0 saturated heterocycles. The van der Waals surface area contributed by atoms with Crippen LogP contribution in [0.15, 0.2) is 23.3 Å². The summed E-state index contributed by atoms with van der Waals surface area (Å²) < 4.78 is 5.32. The summed E-state index contributed by atoms with van der Waals surface area (Å²) in [5.41, 5.74) is 3.21. The van der Waals surface area contributed by atoms with Gasteiger partial charge in [0.15, 0.2) is 0 Å². The lowest BCUT2D eigenvalue weighted by atomic mass is 9.95. The third kappa shape index (κ3) is 3.50. The molecule has 1 atom stereocenters. The van der Waals surface area contributed by atoms with Crippen molar-refractivity contribution in [3.63, 3.8) is 0 Å². The molecule has 0 saturated carbocycles. The number of hydrogen-bond donors (Lipinski definition) is 1. The molecule has 1 aliphatic rings. The Labute approximate surface area is 136 Å². The second kappa shape index (κ2) is 7.45. The molecule has 0 radical (unpaired) electrons. The topological polar surface area (TPSA) is 50.7 Å². The first-order valence-corrected chi connectivity index (χ1v) is 7.85. The van der Waals surface area contributed by atoms with E-state index in [9.17, 15) is 4.79 Å². The molecule has 5 heteroatoms. The van der Waals surface area contributed by atoms with Crippen LogP contribution < -0.4 is 5.32 Å². The number of allylic oxidation sites excluding steroid dienone is 1. The predicted octanol–water partition coefficient (Wildman–Crippen LogP) is 4.10. The average molecular weight is 321 g/mol. The van der Waals surface area contributed by atoms with Gasteiger partial charge in [-0.3, -0.25) is 4.99 Å². The van der Waals surface area contributed by atoms with Crippen LogP contribution in [0.4, 0.5) is 0 Å². The molecule has 1 aromatic rings. The molecule has 118 valence electrons. The number of halogens is 1. The van der Waals surface area contributed by atoms with Crippen LogP contribution in [0.1, 0.15) is 53.0 Å². The third-order valence-electron chi connectivity index (χ3n) is 3.67. The number of aryl methyl sites for hydroxylation is 1. The highest BCUT2D eigenvalue weighted by molar-refractivity contribution is 6.34. The molecule has 4 nitrogen and oxygen atoms in total. The van der Waals surface area contributed by atoms with Crippen LogP contribution in [0.3, 0.4) is 0 Å². The molecule has 0 aliphatic carbocycles. The molecule has 1 aliphatic heterocycles. The number of carbonyl (C=O) groups is 1. The fourth-order valence-electron chi connectivity index (χ4n) is 2.53. The molecule has 1 N–H and O–H groups in total. The van der Waals surface area contributed by atoms with E-state index in [1.165, 1.54) is 0 Å². The number of esters is 1. The number of benzene rings is 1. The van der Waals surface area contributed by atoms with Crippen molar-refractivity contribution < 1.29 is 9.53 Å². The van der Waals surface area contributed by atoms with Crippen LogP contribution >= 0.6 is 11.6 Å². The van der Waals surface area contributed by atoms with Gasteiger partial charge in [-0.25, -0.2) is 4.79 Å². The smallest absolute Gasteiger partial charge is 0.339 e. The van der Waals surface area contributed by atoms with Gasteiger partial charge in [0.2, 0.25) is 0 Å². The van der Waals surface area contributed by atoms with Crippen molar-refractivity contribution >= 4 is 23.8 Å². The van der Waals surface area contributed by atoms with E-state index in [1.807, 2.05) is 26.1 Å². The molecular formula is C17H21ClN2O2. The molecule has 1 unspecified atom stereocenters. The fraction of sp³-hybridized carbons (Fsp3) is 0.412. The van der Waals surface area contributed by atoms with E-state index in [4.69, 9.17) is 16.3 Å². The lowest BCUT2D eigenvalue weighted by Gasteiger charge is -2.22. The molecule has 22 heavy (non-hydrogen) atoms. The van der Waals surface area contributed by atoms with E-state index in [1.54, 1.807) is 12.3 Å². The number of rotatable bonds is 5. The number of carbonyl (C=O) groups excluding carboxylic acids is 1. The summed E-state index contributed by atoms with van der Waals surface area (Å²) in [6.07, 6.45) is 7.03. The zero-order valence-corrected chi connectivity index (χ0v) is 13.9. The second-order valence-electron chi connectivity index (χ2n) is 5.30. The Morgan fingerprint density at radius 2 is 2.23 bits per heavy atom. The predicted molar refractivity (Wildman–Crippen MR) is 89.6 cm³/mol. The van der Waals surface area contributed by atoms with Gasteiger partial charge in [-0.05, 0) is 49.7 Å². The van der Waals surface area contributed by atoms with Crippen LogP contribution in [0, 0.1) is 13.8 Å². The lowest BCUT2D eigenvalue weighted by Crippen LogP contribution is -2.20. The van der Waals surface area contributed by atoms with Crippen molar-refractivity contribution in [1.29, 1.82) is 0 Å². The van der Waals surface area contributed by atoms with Gasteiger partial charge in [-0.15, -0.1) is 0 Å². The molecule has 0 bridgehead atoms. The quantitative estimate of drug-likeness (QED) is 0.656. The first kappa shape index (κ1) is 16.6. The Kier molecular flexibility index (Phi) is 5.61. The summed E-state index contributed by atoms with van der Waals surface area (Å²) in [6.45, 7) is 6.32. The van der Waals surface area contributed by atoms with Gasteiger partial charge in [0, 0.05) is 11.8 Å². The first-order valence-electron chi connectivity index (χ1n) is 7.47. The van der Waals surface area contributed by atoms with Gasteiger partial charge in [-0.1, -0.05) is 24.9 Å². The zero-order chi connectivity index (χ0) is 16.1.